The number of nitrogens with one attached hydrogen (secondary N) is 1. The quantitative estimate of drug-likeness (QED) is 0.103. The number of hydrogen-bond donors (Lipinski definition) is 3. The van der Waals surface area contributed by atoms with Crippen LogP contribution < -0.4 is 11.1 Å². The number of alkyl halides is 4. The van der Waals surface area contributed by atoms with E-state index in [1.54, 1.807) is 0 Å². The Morgan fingerprint density at radius 1 is 0.860 bits per heavy atom. The minimum atomic E-state index is -2.55. The van der Waals surface area contributed by atoms with E-state index in [9.17, 15) is 33.9 Å². The van der Waals surface area contributed by atoms with Crippen molar-refractivity contribution in [3.63, 3.8) is 0 Å². The maximum atomic E-state index is 12.8. The average molecular weight is 792 g/mol. The average Bonchev–Trinajstić information content (AvgIpc) is 3.20. The molecule has 2 saturated heterocycles. The summed E-state index contributed by atoms with van der Waals surface area (Å²) in [6.07, 6.45) is -13.4. The van der Waals surface area contributed by atoms with E-state index in [2.05, 4.69) is 5.32 Å². The van der Waals surface area contributed by atoms with Gasteiger partial charge in [-0.2, -0.15) is 0 Å². The van der Waals surface area contributed by atoms with Gasteiger partial charge in [0.25, 0.3) is 9.70 Å². The number of primary amides is 1. The first-order valence-corrected chi connectivity index (χ1v) is 15.1. The lowest BCUT2D eigenvalue weighted by Gasteiger charge is -2.46. The molecule has 2 amide bonds. The Morgan fingerprint density at radius 2 is 1.40 bits per heavy atom. The van der Waals surface area contributed by atoms with E-state index in [0.717, 1.165) is 27.7 Å². The number of aliphatic hydroxyl groups is 1. The van der Waals surface area contributed by atoms with Gasteiger partial charge in [0.2, 0.25) is 5.91 Å². The summed E-state index contributed by atoms with van der Waals surface area (Å²) in [4.78, 5) is 72.4. The summed E-state index contributed by atoms with van der Waals surface area (Å²) in [5.41, 5.74) is 5.25. The second-order valence-electron chi connectivity index (χ2n) is 9.31. The molecule has 0 aromatic rings. The van der Waals surface area contributed by atoms with E-state index in [1.165, 1.54) is 0 Å². The number of hydrogen-bond acceptors (Lipinski definition) is 14. The fourth-order valence-corrected chi connectivity index (χ4v) is 5.22. The summed E-state index contributed by atoms with van der Waals surface area (Å²) >= 11 is 19.2. The Bertz CT molecular complexity index is 1080. The second-order valence-corrected chi connectivity index (χ2v) is 12.5. The van der Waals surface area contributed by atoms with E-state index >= 15 is 0 Å². The molecular weight excluding hydrogens is 762 g/mol. The van der Waals surface area contributed by atoms with E-state index in [0.29, 0.717) is 0 Å². The Balaban J connectivity index is 2.65. The Kier molecular flexibility index (Phi) is 13.9. The number of amides is 2. The number of ether oxygens (including phenoxy) is 7. The van der Waals surface area contributed by atoms with Crippen molar-refractivity contribution >= 4 is 93.1 Å². The summed E-state index contributed by atoms with van der Waals surface area (Å²) in [6.45, 7) is 3.66. The maximum absolute atomic E-state index is 12.8. The van der Waals surface area contributed by atoms with Crippen LogP contribution in [0.4, 0.5) is 0 Å². The lowest BCUT2D eigenvalue weighted by atomic mass is 9.95. The van der Waals surface area contributed by atoms with E-state index in [-0.39, 0.29) is 4.43 Å². The molecule has 2 heterocycles. The van der Waals surface area contributed by atoms with Gasteiger partial charge in [-0.3, -0.25) is 28.8 Å². The van der Waals surface area contributed by atoms with Crippen molar-refractivity contribution in [1.29, 1.82) is 0 Å². The van der Waals surface area contributed by atoms with Crippen molar-refractivity contribution in [1.82, 2.24) is 5.32 Å². The standard InChI is InChI=1S/C23H30Cl3IN2O14/c1-7(30)37-6-12-16(38-8(2)31)17(39-9(3)32)13(29-22(36)23(24,25)26)21(42-12)43-15-11(5-27)41-18(14(34)20(28)35)19(15)40-10(4)33/h11-19,21,34H,5-6H2,1-4H3,(H2,28,35)(H,29,36)/t11?,12-,13-,14+,15+,16-,17-,18+,19-,21+/m1/s1. The molecule has 2 aliphatic heterocycles. The highest BCUT2D eigenvalue weighted by atomic mass is 127. The van der Waals surface area contributed by atoms with Crippen LogP contribution in [-0.4, -0.2) is 117 Å². The lowest BCUT2D eigenvalue weighted by Crippen LogP contribution is -2.68. The maximum Gasteiger partial charge on any atom is 0.303 e. The second kappa shape index (κ2) is 16.0. The van der Waals surface area contributed by atoms with Gasteiger partial charge in [0.1, 0.15) is 31.0 Å². The largest absolute Gasteiger partial charge is 0.463 e. The summed E-state index contributed by atoms with van der Waals surface area (Å²) in [7, 11) is 0. The fourth-order valence-electron chi connectivity index (χ4n) is 4.35. The van der Waals surface area contributed by atoms with Crippen LogP contribution in [0.2, 0.25) is 0 Å². The molecule has 4 N–H and O–H groups in total. The van der Waals surface area contributed by atoms with Gasteiger partial charge in [0, 0.05) is 32.1 Å². The highest BCUT2D eigenvalue weighted by molar-refractivity contribution is 14.1. The zero-order chi connectivity index (χ0) is 32.8. The Morgan fingerprint density at radius 3 is 1.86 bits per heavy atom. The van der Waals surface area contributed by atoms with Crippen molar-refractivity contribution in [2.75, 3.05) is 11.0 Å². The van der Waals surface area contributed by atoms with Crippen LogP contribution in [0.25, 0.3) is 0 Å². The number of nitrogens with two attached hydrogens (primary N) is 1. The molecule has 0 saturated carbocycles. The van der Waals surface area contributed by atoms with Gasteiger partial charge < -0.3 is 49.3 Å². The number of aliphatic hydroxyl groups excluding tert-OH is 1. The Hall–Kier alpha value is -1.74. The lowest BCUT2D eigenvalue weighted by molar-refractivity contribution is -0.294. The molecule has 244 valence electrons. The first kappa shape index (κ1) is 37.4. The first-order valence-electron chi connectivity index (χ1n) is 12.4. The van der Waals surface area contributed by atoms with Crippen LogP contribution in [-0.2, 0) is 61.9 Å². The predicted molar refractivity (Wildman–Crippen MR) is 152 cm³/mol. The number of halogens is 4. The monoisotopic (exact) mass is 790 g/mol. The first-order chi connectivity index (χ1) is 19.9. The smallest absolute Gasteiger partial charge is 0.303 e. The van der Waals surface area contributed by atoms with Crippen LogP contribution in [0.3, 0.4) is 0 Å². The minimum Gasteiger partial charge on any atom is -0.463 e. The minimum absolute atomic E-state index is 0.139. The topological polar surface area (TPSA) is 225 Å². The molecule has 1 unspecified atom stereocenters. The molecular formula is C23H30Cl3IN2O14. The number of carbonyl (C=O) groups is 6. The number of esters is 4. The van der Waals surface area contributed by atoms with Crippen molar-refractivity contribution < 1.29 is 67.0 Å². The molecule has 2 rings (SSSR count). The van der Waals surface area contributed by atoms with Gasteiger partial charge in [0.05, 0.1) is 6.10 Å². The molecule has 0 radical (unpaired) electrons. The van der Waals surface area contributed by atoms with Gasteiger partial charge in [-0.25, -0.2) is 0 Å². The van der Waals surface area contributed by atoms with Gasteiger partial charge in [-0.15, -0.1) is 0 Å². The number of rotatable bonds is 11. The van der Waals surface area contributed by atoms with Crippen LogP contribution in [0, 0.1) is 0 Å². The van der Waals surface area contributed by atoms with Gasteiger partial charge >= 0.3 is 23.9 Å². The molecule has 0 aromatic carbocycles. The molecule has 16 nitrogen and oxygen atoms in total. The third-order valence-electron chi connectivity index (χ3n) is 5.95. The third kappa shape index (κ3) is 10.4. The molecule has 0 aliphatic carbocycles. The molecule has 2 fully saturated rings. The van der Waals surface area contributed by atoms with Crippen molar-refractivity contribution in [2.45, 2.75) is 92.7 Å². The summed E-state index contributed by atoms with van der Waals surface area (Å²) in [5, 5.41) is 12.7. The van der Waals surface area contributed by atoms with E-state index in [1.807, 2.05) is 22.6 Å². The zero-order valence-corrected chi connectivity index (χ0v) is 27.5. The molecule has 20 heteroatoms. The molecule has 0 aromatic heterocycles. The summed E-state index contributed by atoms with van der Waals surface area (Å²) in [6, 6.07) is -1.60. The SMILES string of the molecule is CC(=O)OC[C@H]1O[C@@H](O[C@H]2C(CI)O[C@@H]([C@H](O)C(N)=O)[C@@H]2OC(C)=O)[C@H](NC(=O)C(Cl)(Cl)Cl)[C@@H](OC(C)=O)[C@@H]1OC(C)=O. The predicted octanol–water partition coefficient (Wildman–Crippen LogP) is -0.642. The molecule has 10 atom stereocenters. The summed E-state index contributed by atoms with van der Waals surface area (Å²) < 4.78 is 36.6. The fraction of sp³-hybridized carbons (Fsp3) is 0.739. The molecule has 2 aliphatic rings. The molecule has 43 heavy (non-hydrogen) atoms. The van der Waals surface area contributed by atoms with Crippen molar-refractivity contribution in [3.05, 3.63) is 0 Å². The highest BCUT2D eigenvalue weighted by Crippen LogP contribution is 2.36. The van der Waals surface area contributed by atoms with E-state index in [4.69, 9.17) is 73.7 Å². The van der Waals surface area contributed by atoms with Crippen LogP contribution in [0.15, 0.2) is 0 Å². The third-order valence-corrected chi connectivity index (χ3v) is 7.33. The summed E-state index contributed by atoms with van der Waals surface area (Å²) in [5.74, 6) is -5.77. The van der Waals surface area contributed by atoms with Gasteiger partial charge in [-0.05, 0) is 0 Å². The van der Waals surface area contributed by atoms with Crippen molar-refractivity contribution in [2.24, 2.45) is 5.73 Å². The number of carbonyl (C=O) groups excluding carboxylic acids is 6. The van der Waals surface area contributed by atoms with Crippen LogP contribution >= 0.6 is 57.4 Å². The van der Waals surface area contributed by atoms with Crippen LogP contribution in [0.5, 0.6) is 0 Å². The highest BCUT2D eigenvalue weighted by Gasteiger charge is 2.57. The van der Waals surface area contributed by atoms with Crippen LogP contribution in [0.1, 0.15) is 27.7 Å². The van der Waals surface area contributed by atoms with E-state index < -0.39 is 107 Å². The van der Waals surface area contributed by atoms with Gasteiger partial charge in [0.15, 0.2) is 30.7 Å². The molecule has 0 bridgehead atoms. The zero-order valence-electron chi connectivity index (χ0n) is 23.0. The normalized spacial score (nSPS) is 31.3. The molecule has 0 spiro atoms. The Labute approximate surface area is 273 Å². The van der Waals surface area contributed by atoms with Crippen molar-refractivity contribution in [3.8, 4) is 0 Å². The van der Waals surface area contributed by atoms with Gasteiger partial charge in [-0.1, -0.05) is 57.4 Å².